The fraction of sp³-hybridized carbons (Fsp3) is 0.459. The van der Waals surface area contributed by atoms with Crippen molar-refractivity contribution in [2.24, 2.45) is 16.7 Å². The van der Waals surface area contributed by atoms with Crippen molar-refractivity contribution in [2.45, 2.75) is 148 Å². The van der Waals surface area contributed by atoms with Gasteiger partial charge in [0, 0.05) is 45.3 Å². The zero-order chi connectivity index (χ0) is 73.9. The fourth-order valence-corrected chi connectivity index (χ4v) is 11.7. The van der Waals surface area contributed by atoms with Gasteiger partial charge in [-0.3, -0.25) is 47.9 Å². The summed E-state index contributed by atoms with van der Waals surface area (Å²) in [6, 6.07) is 20.3. The van der Waals surface area contributed by atoms with Gasteiger partial charge in [0.15, 0.2) is 0 Å². The van der Waals surface area contributed by atoms with Gasteiger partial charge in [0.2, 0.25) is 59.1 Å². The Morgan fingerprint density at radius 1 is 0.614 bits per heavy atom. The van der Waals surface area contributed by atoms with Crippen molar-refractivity contribution in [2.75, 3.05) is 53.4 Å². The lowest BCUT2D eigenvalue weighted by Crippen LogP contribution is -2.65. The first-order chi connectivity index (χ1) is 47.8. The van der Waals surface area contributed by atoms with E-state index < -0.39 is 168 Å². The van der Waals surface area contributed by atoms with Crippen LogP contribution >= 0.6 is 0 Å². The first-order valence-corrected chi connectivity index (χ1v) is 33.9. The first-order valence-electron chi connectivity index (χ1n) is 33.9. The lowest BCUT2D eigenvalue weighted by molar-refractivity contribution is -0.153. The van der Waals surface area contributed by atoms with Crippen LogP contribution in [0, 0.1) is 16.7 Å². The van der Waals surface area contributed by atoms with Crippen molar-refractivity contribution in [3.63, 3.8) is 0 Å². The number of nitrogens with one attached hydrogen (secondary N) is 10. The maximum absolute atomic E-state index is 15.2. The number of fused-ring (bicyclic) bond motifs is 26. The highest BCUT2D eigenvalue weighted by Crippen LogP contribution is 2.30. The van der Waals surface area contributed by atoms with Crippen molar-refractivity contribution in [1.82, 2.24) is 63.0 Å². The van der Waals surface area contributed by atoms with Gasteiger partial charge in [0.05, 0.1) is 31.1 Å². The van der Waals surface area contributed by atoms with Gasteiger partial charge in [-0.15, -0.1) is 0 Å². The number of carboxylic acid groups (broad SMARTS) is 2. The number of hydrogen-bond donors (Lipinski definition) is 12. The van der Waals surface area contributed by atoms with Crippen LogP contribution in [-0.4, -0.2) is 199 Å². The molecule has 5 aromatic carbocycles. The van der Waals surface area contributed by atoms with E-state index >= 15 is 9.59 Å². The van der Waals surface area contributed by atoms with Gasteiger partial charge in [-0.05, 0) is 102 Å². The summed E-state index contributed by atoms with van der Waals surface area (Å²) in [6.45, 7) is 12.1. The van der Waals surface area contributed by atoms with Crippen LogP contribution in [0.15, 0.2) is 121 Å². The number of hydrogen-bond acceptors (Lipinski definition) is 15. The van der Waals surface area contributed by atoms with Crippen molar-refractivity contribution >= 4 is 92.6 Å². The van der Waals surface area contributed by atoms with Gasteiger partial charge in [-0.1, -0.05) is 151 Å². The highest BCUT2D eigenvalue weighted by atomic mass is 16.5. The molecule has 4 bridgehead atoms. The molecule has 27 heteroatoms. The molecule has 27 nitrogen and oxygen atoms in total. The minimum atomic E-state index is -1.73. The molecular weight excluding hydrogens is 1300 g/mol. The predicted molar refractivity (Wildman–Crippen MR) is 378 cm³/mol. The zero-order valence-electron chi connectivity index (χ0n) is 58.9. The molecule has 1 fully saturated rings. The van der Waals surface area contributed by atoms with Gasteiger partial charge in [-0.25, -0.2) is 9.59 Å². The summed E-state index contributed by atoms with van der Waals surface area (Å²) < 4.78 is 6.01. The van der Waals surface area contributed by atoms with Crippen LogP contribution in [0.3, 0.4) is 0 Å². The molecule has 3 aliphatic heterocycles. The van der Waals surface area contributed by atoms with E-state index in [2.05, 4.69) is 53.2 Å². The summed E-state index contributed by atoms with van der Waals surface area (Å²) in [5.74, 6) is -10.8. The van der Waals surface area contributed by atoms with Gasteiger partial charge < -0.3 is 77.9 Å². The maximum atomic E-state index is 15.2. The number of carbonyl (C=O) groups excluding carboxylic acids is 10. The number of amides is 10. The number of rotatable bonds is 16. The number of piperazine rings is 1. The van der Waals surface area contributed by atoms with E-state index in [1.807, 2.05) is 66.7 Å². The summed E-state index contributed by atoms with van der Waals surface area (Å²) in [7, 11) is 3.18. The van der Waals surface area contributed by atoms with Crippen LogP contribution in [0.4, 0.5) is 0 Å². The maximum Gasteiger partial charge on any atom is 0.326 e. The molecule has 0 aromatic heterocycles. The number of likely N-dealkylation sites (N-methyl/N-ethyl adjacent to an activating group) is 2. The SMILES string of the molecule is CNC(C)C(=O)NCC(C(=O)N1CCN2CC1C(=O)NC(Cc1ccc3ccccc3c1)C(=O)NC(C(=O)O)Cc1ccc(cc1)OCC=CCC(NC(=O)C(NC(=O)C(C)NC)C(C)(C)C)C(=O)NC(Cc1ccc3ccccc3c1)C(=O)NC(C(=O)O)CCC(=O)NCC2=O)C(C)(C)C. The molecule has 0 radical (unpaired) electrons. The third-order valence-electron chi connectivity index (χ3n) is 18.2. The molecule has 0 aliphatic carbocycles. The predicted octanol–water partition coefficient (Wildman–Crippen LogP) is 2.41. The standard InChI is InChI=1S/C74H96N12O15/c1-43(75-9)63(89)78-40-53(73(3,4)5)70(96)86-33-32-85-42-59(86)68(94)82-57(39-47-23-27-49-18-12-14-20-51(49)36-47)67(93)83-58(72(99)100)37-45-24-28-52(29-25-45)101-34-16-15-21-54(79-69(95)62(74(6,7)8)84-64(90)44(2)76-10)65(91)81-56(38-46-22-26-48-17-11-13-19-50(48)35-46)66(92)80-55(71(97)98)30-31-60(87)77-41-61(85)88/h11-20,22-29,35-36,43-44,53-59,62,75-76H,21,30-34,37-42H2,1-10H3,(H,77,87)(H,78,89)(H,79,95)(H,80,92)(H,81,91)(H,82,94)(H,83,93)(H,84,90)(H,97,98)(H,99,100). The van der Waals surface area contributed by atoms with E-state index in [1.54, 1.807) is 124 Å². The van der Waals surface area contributed by atoms with Crippen LogP contribution < -0.4 is 57.9 Å². The average molecular weight is 1390 g/mol. The summed E-state index contributed by atoms with van der Waals surface area (Å²) in [4.78, 5) is 172. The molecule has 8 rings (SSSR count). The molecule has 10 atom stereocenters. The third-order valence-corrected chi connectivity index (χ3v) is 18.2. The number of nitrogens with zero attached hydrogens (tertiary/aromatic N) is 2. The monoisotopic (exact) mass is 1390 g/mol. The van der Waals surface area contributed by atoms with E-state index in [9.17, 15) is 58.2 Å². The topological polar surface area (TPSA) is 381 Å². The first kappa shape index (κ1) is 78.1. The van der Waals surface area contributed by atoms with E-state index in [-0.39, 0.29) is 51.9 Å². The van der Waals surface area contributed by atoms with Crippen LogP contribution in [0.5, 0.6) is 5.75 Å². The van der Waals surface area contributed by atoms with E-state index in [4.69, 9.17) is 4.74 Å². The number of carboxylic acids is 2. The Labute approximate surface area is 587 Å². The second-order valence-electron chi connectivity index (χ2n) is 27.8. The second-order valence-corrected chi connectivity index (χ2v) is 27.8. The summed E-state index contributed by atoms with van der Waals surface area (Å²) >= 11 is 0. The highest BCUT2D eigenvalue weighted by molar-refractivity contribution is 5.98. The number of benzene rings is 5. The number of ether oxygens (including phenoxy) is 1. The van der Waals surface area contributed by atoms with Gasteiger partial charge >= 0.3 is 11.9 Å². The molecule has 5 aromatic rings. The van der Waals surface area contributed by atoms with Crippen molar-refractivity contribution < 1.29 is 72.5 Å². The smallest absolute Gasteiger partial charge is 0.326 e. The van der Waals surface area contributed by atoms with Gasteiger partial charge in [0.1, 0.15) is 54.6 Å². The molecule has 12 N–H and O–H groups in total. The van der Waals surface area contributed by atoms with Gasteiger partial charge in [-0.2, -0.15) is 0 Å². The molecule has 0 spiro atoms. The van der Waals surface area contributed by atoms with E-state index in [0.717, 1.165) is 21.5 Å². The Kier molecular flexibility index (Phi) is 27.6. The zero-order valence-corrected chi connectivity index (χ0v) is 58.9. The highest BCUT2D eigenvalue weighted by Gasteiger charge is 2.44. The Hall–Kier alpha value is -10.3. The van der Waals surface area contributed by atoms with Gasteiger partial charge in [0.25, 0.3) is 0 Å². The van der Waals surface area contributed by atoms with Crippen LogP contribution in [-0.2, 0) is 76.8 Å². The van der Waals surface area contributed by atoms with Crippen molar-refractivity contribution in [3.05, 3.63) is 138 Å². The second kappa shape index (κ2) is 35.7. The number of carbonyl (C=O) groups is 12. The molecule has 3 heterocycles. The lowest BCUT2D eigenvalue weighted by Gasteiger charge is -2.44. The molecule has 10 amide bonds. The average Bonchev–Trinajstić information content (AvgIpc) is 0.828. The summed E-state index contributed by atoms with van der Waals surface area (Å²) in [5.41, 5.74) is -0.110. The Bertz CT molecular complexity index is 3870. The van der Waals surface area contributed by atoms with E-state index in [1.165, 1.54) is 9.80 Å². The number of aliphatic carboxylic acids is 2. The minimum Gasteiger partial charge on any atom is -0.490 e. The Morgan fingerprint density at radius 2 is 1.16 bits per heavy atom. The molecule has 0 saturated carbocycles. The summed E-state index contributed by atoms with van der Waals surface area (Å²) in [5, 5.41) is 51.8. The fourth-order valence-electron chi connectivity index (χ4n) is 11.7. The van der Waals surface area contributed by atoms with Crippen LogP contribution in [0.2, 0.25) is 0 Å². The largest absolute Gasteiger partial charge is 0.490 e. The molecule has 542 valence electrons. The molecule has 3 aliphatic rings. The van der Waals surface area contributed by atoms with Crippen LogP contribution in [0.1, 0.15) is 91.3 Å². The Balaban J connectivity index is 1.24. The quantitative estimate of drug-likeness (QED) is 0.0631. The minimum absolute atomic E-state index is 0.0866. The molecule has 10 unspecified atom stereocenters. The normalized spacial score (nSPS) is 21.1. The van der Waals surface area contributed by atoms with Crippen LogP contribution in [0.25, 0.3) is 21.5 Å². The lowest BCUT2D eigenvalue weighted by atomic mass is 9.79. The van der Waals surface area contributed by atoms with E-state index in [0.29, 0.717) is 22.4 Å². The van der Waals surface area contributed by atoms with Crippen molar-refractivity contribution in [1.29, 1.82) is 0 Å². The molecule has 1 saturated heterocycles. The summed E-state index contributed by atoms with van der Waals surface area (Å²) in [6.07, 6.45) is 1.30. The third kappa shape index (κ3) is 22.4. The molecular formula is C74H96N12O15. The molecule has 101 heavy (non-hydrogen) atoms. The Morgan fingerprint density at radius 3 is 1.70 bits per heavy atom. The van der Waals surface area contributed by atoms with Crippen molar-refractivity contribution in [3.8, 4) is 5.75 Å².